The lowest BCUT2D eigenvalue weighted by Gasteiger charge is -2.25. The van der Waals surface area contributed by atoms with E-state index in [1.807, 2.05) is 25.1 Å². The maximum atomic E-state index is 13.4. The van der Waals surface area contributed by atoms with E-state index < -0.39 is 0 Å². The second kappa shape index (κ2) is 6.73. The van der Waals surface area contributed by atoms with Crippen LogP contribution in [0.4, 0.5) is 5.69 Å². The predicted octanol–water partition coefficient (Wildman–Crippen LogP) is 4.13. The number of nitrogen functional groups attached to an aromatic ring is 1. The average Bonchev–Trinajstić information content (AvgIpc) is 2.75. The minimum Gasteiger partial charge on any atom is -0.399 e. The van der Waals surface area contributed by atoms with E-state index in [1.54, 1.807) is 0 Å². The summed E-state index contributed by atoms with van der Waals surface area (Å²) in [4.78, 5) is 13.4. The van der Waals surface area contributed by atoms with Gasteiger partial charge in [-0.3, -0.25) is 4.79 Å². The van der Waals surface area contributed by atoms with Gasteiger partial charge in [-0.1, -0.05) is 49.4 Å². The van der Waals surface area contributed by atoms with Crippen LogP contribution in [0.2, 0.25) is 0 Å². The van der Waals surface area contributed by atoms with Gasteiger partial charge in [0.1, 0.15) is 0 Å². The number of anilines is 1. The van der Waals surface area contributed by atoms with Gasteiger partial charge in [0.15, 0.2) is 5.78 Å². The maximum absolute atomic E-state index is 13.4. The topological polar surface area (TPSA) is 43.1 Å². The van der Waals surface area contributed by atoms with Crippen molar-refractivity contribution in [3.05, 3.63) is 97.7 Å². The Morgan fingerprint density at radius 1 is 1.00 bits per heavy atom. The highest BCUT2D eigenvalue weighted by Crippen LogP contribution is 2.31. The first kappa shape index (κ1) is 17.9. The van der Waals surface area contributed by atoms with Crippen molar-refractivity contribution in [3.63, 3.8) is 0 Å². The van der Waals surface area contributed by atoms with Gasteiger partial charge in [-0.2, -0.15) is 0 Å². The molecule has 2 heteroatoms. The standard InChI is InChI=1S/C27H25NO/c1-16-7-10-24(27(29)19-9-14-25(28)17(2)15-19)23-13-12-21-20-6-4-3-5-18(20)8-11-22(21)26(16)23/h3-6,8-9,12-16H,7,10-11,28H2,1-2H3. The molecule has 5 rings (SSSR count). The van der Waals surface area contributed by atoms with E-state index in [0.717, 1.165) is 46.9 Å². The molecular formula is C27H25NO. The number of ketones is 1. The molecule has 3 aromatic rings. The van der Waals surface area contributed by atoms with E-state index >= 15 is 0 Å². The van der Waals surface area contributed by atoms with E-state index in [1.165, 1.54) is 26.8 Å². The molecule has 0 radical (unpaired) electrons. The van der Waals surface area contributed by atoms with Crippen LogP contribution in [0, 0.1) is 17.4 Å². The smallest absolute Gasteiger partial charge is 0.189 e. The number of fused-ring (bicyclic) bond motifs is 4. The first-order valence-electron chi connectivity index (χ1n) is 10.4. The Morgan fingerprint density at radius 3 is 2.62 bits per heavy atom. The monoisotopic (exact) mass is 379 g/mol. The highest BCUT2D eigenvalue weighted by molar-refractivity contribution is 6.24. The van der Waals surface area contributed by atoms with E-state index in [0.29, 0.717) is 5.92 Å². The molecule has 0 heterocycles. The Morgan fingerprint density at radius 2 is 1.79 bits per heavy atom. The molecule has 3 aromatic carbocycles. The maximum Gasteiger partial charge on any atom is 0.189 e. The van der Waals surface area contributed by atoms with Crippen LogP contribution < -0.4 is 16.2 Å². The lowest BCUT2D eigenvalue weighted by Crippen LogP contribution is -2.27. The van der Waals surface area contributed by atoms with Crippen molar-refractivity contribution in [2.24, 2.45) is 0 Å². The lowest BCUT2D eigenvalue weighted by atomic mass is 9.78. The van der Waals surface area contributed by atoms with Crippen LogP contribution in [-0.2, 0) is 6.42 Å². The number of hydrogen-bond donors (Lipinski definition) is 1. The largest absolute Gasteiger partial charge is 0.399 e. The number of Topliss-reactive ketones (excluding diaryl/α,β-unsaturated/α-hetero) is 1. The van der Waals surface area contributed by atoms with Gasteiger partial charge in [0, 0.05) is 16.8 Å². The number of benzene rings is 3. The van der Waals surface area contributed by atoms with Crippen molar-refractivity contribution < 1.29 is 4.79 Å². The summed E-state index contributed by atoms with van der Waals surface area (Å²) in [7, 11) is 0. The zero-order chi connectivity index (χ0) is 20.1. The molecule has 29 heavy (non-hydrogen) atoms. The molecule has 1 atom stereocenters. The summed E-state index contributed by atoms with van der Waals surface area (Å²) in [6, 6.07) is 18.6. The molecule has 2 nitrogen and oxygen atoms in total. The van der Waals surface area contributed by atoms with Gasteiger partial charge in [-0.15, -0.1) is 0 Å². The minimum absolute atomic E-state index is 0.140. The molecule has 144 valence electrons. The minimum atomic E-state index is 0.140. The summed E-state index contributed by atoms with van der Waals surface area (Å²) in [6.45, 7) is 4.26. The fourth-order valence-corrected chi connectivity index (χ4v) is 4.96. The summed E-state index contributed by atoms with van der Waals surface area (Å²) in [5.74, 6) is 0.602. The number of rotatable bonds is 2. The van der Waals surface area contributed by atoms with E-state index in [2.05, 4.69) is 49.4 Å². The fraction of sp³-hybridized carbons (Fsp3) is 0.222. The second-order valence-electron chi connectivity index (χ2n) is 8.37. The number of carbonyl (C=O) groups excluding carboxylic acids is 1. The van der Waals surface area contributed by atoms with E-state index in [4.69, 9.17) is 5.73 Å². The summed E-state index contributed by atoms with van der Waals surface area (Å²) in [5.41, 5.74) is 12.1. The summed E-state index contributed by atoms with van der Waals surface area (Å²) in [5, 5.41) is 5.08. The molecule has 0 spiro atoms. The Labute approximate surface area is 170 Å². The third-order valence-electron chi connectivity index (χ3n) is 6.59. The Balaban J connectivity index is 1.80. The predicted molar refractivity (Wildman–Crippen MR) is 119 cm³/mol. The zero-order valence-electron chi connectivity index (χ0n) is 17.0. The van der Waals surface area contributed by atoms with Crippen molar-refractivity contribution in [2.75, 3.05) is 5.73 Å². The molecule has 0 amide bonds. The fourth-order valence-electron chi connectivity index (χ4n) is 4.96. The van der Waals surface area contributed by atoms with Crippen LogP contribution in [0.1, 0.15) is 52.7 Å². The molecule has 0 aromatic heterocycles. The van der Waals surface area contributed by atoms with Crippen LogP contribution in [0.25, 0.3) is 11.6 Å². The van der Waals surface area contributed by atoms with Crippen molar-refractivity contribution in [3.8, 4) is 0 Å². The Bertz CT molecular complexity index is 1380. The number of aryl methyl sites for hydroxylation is 1. The van der Waals surface area contributed by atoms with Gasteiger partial charge in [0.2, 0.25) is 0 Å². The Kier molecular flexibility index (Phi) is 4.16. The van der Waals surface area contributed by atoms with Crippen LogP contribution in [0.15, 0.2) is 54.6 Å². The second-order valence-corrected chi connectivity index (χ2v) is 8.37. The van der Waals surface area contributed by atoms with Gasteiger partial charge in [-0.25, -0.2) is 0 Å². The number of carbonyl (C=O) groups is 1. The third-order valence-corrected chi connectivity index (χ3v) is 6.59. The van der Waals surface area contributed by atoms with Crippen molar-refractivity contribution in [2.45, 2.75) is 39.0 Å². The zero-order valence-corrected chi connectivity index (χ0v) is 17.0. The Hall–Kier alpha value is -3.13. The summed E-state index contributed by atoms with van der Waals surface area (Å²) >= 11 is 0. The molecule has 0 saturated carbocycles. The quantitative estimate of drug-likeness (QED) is 0.537. The number of nitrogens with two attached hydrogens (primary N) is 1. The number of hydrogen-bond acceptors (Lipinski definition) is 2. The van der Waals surface area contributed by atoms with Crippen molar-refractivity contribution in [1.29, 1.82) is 0 Å². The van der Waals surface area contributed by atoms with E-state index in [9.17, 15) is 4.79 Å². The molecule has 2 aliphatic rings. The summed E-state index contributed by atoms with van der Waals surface area (Å²) < 4.78 is 0. The first-order valence-corrected chi connectivity index (χ1v) is 10.4. The van der Waals surface area contributed by atoms with Crippen molar-refractivity contribution in [1.82, 2.24) is 0 Å². The normalized spacial score (nSPS) is 17.0. The van der Waals surface area contributed by atoms with Crippen LogP contribution in [0.5, 0.6) is 0 Å². The molecular weight excluding hydrogens is 354 g/mol. The van der Waals surface area contributed by atoms with Gasteiger partial charge in [0.25, 0.3) is 0 Å². The SMILES string of the molecule is Cc1cc(C(=O)C2=c3ccc4c(c3C(C)CC2)CC=c2ccccc2=4)ccc1N. The van der Waals surface area contributed by atoms with Gasteiger partial charge >= 0.3 is 0 Å². The molecule has 0 saturated heterocycles. The molecule has 0 aliphatic heterocycles. The van der Waals surface area contributed by atoms with Crippen LogP contribution in [0.3, 0.4) is 0 Å². The first-order chi connectivity index (χ1) is 14.0. The lowest BCUT2D eigenvalue weighted by molar-refractivity contribution is 0.105. The molecule has 0 fully saturated rings. The van der Waals surface area contributed by atoms with E-state index in [-0.39, 0.29) is 5.78 Å². The van der Waals surface area contributed by atoms with Gasteiger partial charge in [-0.05, 0) is 87.9 Å². The van der Waals surface area contributed by atoms with Crippen molar-refractivity contribution >= 4 is 23.1 Å². The van der Waals surface area contributed by atoms with Gasteiger partial charge < -0.3 is 5.73 Å². The average molecular weight is 380 g/mol. The summed E-state index contributed by atoms with van der Waals surface area (Å²) in [6.07, 6.45) is 5.10. The molecule has 2 N–H and O–H groups in total. The highest BCUT2D eigenvalue weighted by atomic mass is 16.1. The van der Waals surface area contributed by atoms with Crippen LogP contribution in [-0.4, -0.2) is 5.78 Å². The third kappa shape index (κ3) is 2.82. The molecule has 0 bridgehead atoms. The highest BCUT2D eigenvalue weighted by Gasteiger charge is 2.25. The molecule has 2 aliphatic carbocycles. The molecule has 1 unspecified atom stereocenters. The van der Waals surface area contributed by atoms with Gasteiger partial charge in [0.05, 0.1) is 0 Å². The van der Waals surface area contributed by atoms with Crippen LogP contribution >= 0.6 is 0 Å².